The van der Waals surface area contributed by atoms with Crippen molar-refractivity contribution >= 4 is 33.2 Å². The van der Waals surface area contributed by atoms with Gasteiger partial charge in [-0.3, -0.25) is 4.79 Å². The highest BCUT2D eigenvalue weighted by Crippen LogP contribution is 2.33. The number of amides is 1. The molecular weight excluding hydrogens is 428 g/mol. The maximum Gasteiger partial charge on any atom is 0.228 e. The first-order valence-electron chi connectivity index (χ1n) is 9.84. The number of hydrogen-bond donors (Lipinski definition) is 1. The molecule has 0 bridgehead atoms. The summed E-state index contributed by atoms with van der Waals surface area (Å²) in [7, 11) is -3.58. The first-order valence-corrected chi connectivity index (χ1v) is 11.8. The largest absolute Gasteiger partial charge is 0.486 e. The van der Waals surface area contributed by atoms with Gasteiger partial charge in [-0.1, -0.05) is 29.8 Å². The molecule has 2 aliphatic rings. The smallest absolute Gasteiger partial charge is 0.228 e. The number of carbonyl (C=O) groups is 1. The van der Waals surface area contributed by atoms with Crippen LogP contribution >= 0.6 is 11.6 Å². The van der Waals surface area contributed by atoms with Gasteiger partial charge in [-0.15, -0.1) is 0 Å². The molecule has 0 aliphatic carbocycles. The van der Waals surface area contributed by atoms with Gasteiger partial charge in [-0.25, -0.2) is 12.7 Å². The van der Waals surface area contributed by atoms with Crippen LogP contribution in [-0.2, 0) is 20.6 Å². The minimum absolute atomic E-state index is 0.156. The Morgan fingerprint density at radius 2 is 1.90 bits per heavy atom. The molecular formula is C21H23ClN2O5S. The summed E-state index contributed by atoms with van der Waals surface area (Å²) in [6.07, 6.45) is 1.26. The van der Waals surface area contributed by atoms with E-state index in [2.05, 4.69) is 5.32 Å². The van der Waals surface area contributed by atoms with Crippen molar-refractivity contribution in [1.29, 1.82) is 0 Å². The lowest BCUT2D eigenvalue weighted by molar-refractivity contribution is -0.120. The summed E-state index contributed by atoms with van der Waals surface area (Å²) in [5, 5.41) is 3.30. The molecule has 0 saturated carbocycles. The Labute approximate surface area is 181 Å². The maximum absolute atomic E-state index is 12.9. The number of anilines is 1. The normalized spacial score (nSPS) is 19.3. The Morgan fingerprint density at radius 1 is 1.13 bits per heavy atom. The maximum atomic E-state index is 12.9. The van der Waals surface area contributed by atoms with E-state index in [0.29, 0.717) is 60.4 Å². The number of hydrogen-bond acceptors (Lipinski definition) is 5. The van der Waals surface area contributed by atoms with Gasteiger partial charge in [-0.05, 0) is 36.6 Å². The van der Waals surface area contributed by atoms with Crippen molar-refractivity contribution < 1.29 is 22.7 Å². The average molecular weight is 451 g/mol. The average Bonchev–Trinajstić information content (AvgIpc) is 2.75. The fourth-order valence-corrected chi connectivity index (χ4v) is 5.60. The van der Waals surface area contributed by atoms with Crippen molar-refractivity contribution in [3.05, 3.63) is 53.1 Å². The second kappa shape index (κ2) is 8.83. The molecule has 1 amide bonds. The first-order chi connectivity index (χ1) is 14.4. The van der Waals surface area contributed by atoms with Crippen molar-refractivity contribution in [2.45, 2.75) is 18.6 Å². The van der Waals surface area contributed by atoms with Crippen LogP contribution in [0, 0.1) is 5.92 Å². The minimum atomic E-state index is -3.58. The number of nitrogens with zero attached hydrogens (tertiary/aromatic N) is 1. The monoisotopic (exact) mass is 450 g/mol. The highest BCUT2D eigenvalue weighted by molar-refractivity contribution is 7.88. The predicted octanol–water partition coefficient (Wildman–Crippen LogP) is 3.29. The summed E-state index contributed by atoms with van der Waals surface area (Å²) < 4.78 is 38.2. The number of halogens is 1. The van der Waals surface area contributed by atoms with E-state index < -0.39 is 15.9 Å². The van der Waals surface area contributed by atoms with Gasteiger partial charge in [0.2, 0.25) is 15.9 Å². The van der Waals surface area contributed by atoms with E-state index in [1.54, 1.807) is 42.5 Å². The summed E-state index contributed by atoms with van der Waals surface area (Å²) >= 11 is 6.12. The lowest BCUT2D eigenvalue weighted by Crippen LogP contribution is -2.44. The van der Waals surface area contributed by atoms with Gasteiger partial charge in [0.1, 0.15) is 13.2 Å². The Morgan fingerprint density at radius 3 is 2.70 bits per heavy atom. The summed E-state index contributed by atoms with van der Waals surface area (Å²) in [6.45, 7) is 1.52. The zero-order valence-electron chi connectivity index (χ0n) is 16.3. The Balaban J connectivity index is 1.42. The fraction of sp³-hybridized carbons (Fsp3) is 0.381. The van der Waals surface area contributed by atoms with Crippen LogP contribution in [0.4, 0.5) is 5.69 Å². The van der Waals surface area contributed by atoms with E-state index in [9.17, 15) is 13.2 Å². The third-order valence-electron chi connectivity index (χ3n) is 5.25. The highest BCUT2D eigenvalue weighted by Gasteiger charge is 2.33. The molecule has 1 fully saturated rings. The molecule has 0 unspecified atom stereocenters. The fourth-order valence-electron chi connectivity index (χ4n) is 3.68. The van der Waals surface area contributed by atoms with Crippen LogP contribution < -0.4 is 14.8 Å². The molecule has 4 rings (SSSR count). The lowest BCUT2D eigenvalue weighted by atomic mass is 9.98. The van der Waals surface area contributed by atoms with Gasteiger partial charge in [0.15, 0.2) is 11.5 Å². The number of carbonyl (C=O) groups excluding carboxylic acids is 1. The molecule has 1 saturated heterocycles. The van der Waals surface area contributed by atoms with Gasteiger partial charge in [-0.2, -0.15) is 0 Å². The van der Waals surface area contributed by atoms with Gasteiger partial charge in [0, 0.05) is 29.9 Å². The zero-order chi connectivity index (χ0) is 21.1. The van der Waals surface area contributed by atoms with Gasteiger partial charge >= 0.3 is 0 Å². The molecule has 0 spiro atoms. The van der Waals surface area contributed by atoms with Crippen molar-refractivity contribution in [3.63, 3.8) is 0 Å². The Bertz CT molecular complexity index is 1040. The molecule has 2 heterocycles. The van der Waals surface area contributed by atoms with Gasteiger partial charge in [0.25, 0.3) is 0 Å². The Kier molecular flexibility index (Phi) is 6.17. The lowest BCUT2D eigenvalue weighted by Gasteiger charge is -2.31. The van der Waals surface area contributed by atoms with E-state index in [1.165, 1.54) is 4.31 Å². The first kappa shape index (κ1) is 21.0. The minimum Gasteiger partial charge on any atom is -0.486 e. The molecule has 7 nitrogen and oxygen atoms in total. The summed E-state index contributed by atoms with van der Waals surface area (Å²) in [5.74, 6) is 0.432. The topological polar surface area (TPSA) is 84.9 Å². The van der Waals surface area contributed by atoms with Crippen molar-refractivity contribution in [3.8, 4) is 11.5 Å². The van der Waals surface area contributed by atoms with Crippen LogP contribution in [0.25, 0.3) is 0 Å². The second-order valence-electron chi connectivity index (χ2n) is 7.39. The van der Waals surface area contributed by atoms with Crippen LogP contribution in [0.3, 0.4) is 0 Å². The number of benzene rings is 2. The van der Waals surface area contributed by atoms with Crippen LogP contribution in [0.1, 0.15) is 18.4 Å². The van der Waals surface area contributed by atoms with Crippen LogP contribution in [-0.4, -0.2) is 44.9 Å². The molecule has 30 heavy (non-hydrogen) atoms. The molecule has 9 heteroatoms. The number of sulfonamides is 1. The van der Waals surface area contributed by atoms with Crippen LogP contribution in [0.5, 0.6) is 11.5 Å². The molecule has 1 atom stereocenters. The predicted molar refractivity (Wildman–Crippen MR) is 114 cm³/mol. The number of rotatable bonds is 5. The Hall–Kier alpha value is -2.29. The zero-order valence-corrected chi connectivity index (χ0v) is 17.9. The third kappa shape index (κ3) is 4.71. The molecule has 2 aromatic carbocycles. The molecule has 0 aromatic heterocycles. The standard InChI is InChI=1S/C21H23ClN2O5S/c22-18-6-2-1-4-16(18)14-30(26,27)24-9-3-5-15(13-24)21(25)23-17-7-8-19-20(12-17)29-11-10-28-19/h1-2,4,6-8,12,15H,3,5,9-11,13-14H2,(H,23,25)/t15-/m0/s1. The SMILES string of the molecule is O=C(Nc1ccc2c(c1)OCCO2)[C@H]1CCCN(S(=O)(=O)Cc2ccccc2Cl)C1. The summed E-state index contributed by atoms with van der Waals surface area (Å²) in [6, 6.07) is 12.1. The highest BCUT2D eigenvalue weighted by atomic mass is 35.5. The van der Waals surface area contributed by atoms with Gasteiger partial charge < -0.3 is 14.8 Å². The molecule has 2 aromatic rings. The van der Waals surface area contributed by atoms with Crippen molar-refractivity contribution in [1.82, 2.24) is 4.31 Å². The molecule has 0 radical (unpaired) electrons. The van der Waals surface area contributed by atoms with E-state index in [-0.39, 0.29) is 18.2 Å². The molecule has 2 aliphatic heterocycles. The van der Waals surface area contributed by atoms with E-state index in [0.717, 1.165) is 0 Å². The molecule has 1 N–H and O–H groups in total. The number of piperidine rings is 1. The number of nitrogens with one attached hydrogen (secondary N) is 1. The van der Waals surface area contributed by atoms with Crippen LogP contribution in [0.2, 0.25) is 5.02 Å². The number of ether oxygens (including phenoxy) is 2. The quantitative estimate of drug-likeness (QED) is 0.755. The van der Waals surface area contributed by atoms with E-state index in [4.69, 9.17) is 21.1 Å². The van der Waals surface area contributed by atoms with Crippen molar-refractivity contribution in [2.24, 2.45) is 5.92 Å². The van der Waals surface area contributed by atoms with E-state index >= 15 is 0 Å². The van der Waals surface area contributed by atoms with E-state index in [1.807, 2.05) is 0 Å². The summed E-state index contributed by atoms with van der Waals surface area (Å²) in [5.41, 5.74) is 1.15. The van der Waals surface area contributed by atoms with Crippen LogP contribution in [0.15, 0.2) is 42.5 Å². The van der Waals surface area contributed by atoms with Gasteiger partial charge in [0.05, 0.1) is 11.7 Å². The second-order valence-corrected chi connectivity index (χ2v) is 9.77. The third-order valence-corrected chi connectivity index (χ3v) is 7.42. The molecule has 160 valence electrons. The van der Waals surface area contributed by atoms with Crippen molar-refractivity contribution in [2.75, 3.05) is 31.6 Å². The number of fused-ring (bicyclic) bond motifs is 1. The summed E-state index contributed by atoms with van der Waals surface area (Å²) in [4.78, 5) is 12.8.